The molecule has 0 rings (SSSR count). The van der Waals surface area contributed by atoms with Crippen molar-refractivity contribution in [2.75, 3.05) is 0 Å². The third-order valence-corrected chi connectivity index (χ3v) is 0.959. The molecule has 9 heavy (non-hydrogen) atoms. The minimum Gasteiger partial charge on any atom is -0.308 e. The summed E-state index contributed by atoms with van der Waals surface area (Å²) < 4.78 is 0. The Morgan fingerprint density at radius 3 is 2.67 bits per heavy atom. The molecule has 0 bridgehead atoms. The first-order valence-electron chi connectivity index (χ1n) is 3.15. The lowest BCUT2D eigenvalue weighted by molar-refractivity contribution is 1.22. The molecular formula is C8H13N. The highest BCUT2D eigenvalue weighted by Crippen LogP contribution is 1.88. The van der Waals surface area contributed by atoms with E-state index in [1.54, 1.807) is 0 Å². The monoisotopic (exact) mass is 123 g/mol. The second-order valence-electron chi connectivity index (χ2n) is 1.89. The Kier molecular flexibility index (Phi) is 4.79. The molecule has 1 heteroatoms. The molecule has 0 saturated carbocycles. The zero-order chi connectivity index (χ0) is 7.11. The molecule has 0 atom stereocenters. The van der Waals surface area contributed by atoms with Crippen molar-refractivity contribution in [1.82, 2.24) is 0 Å². The van der Waals surface area contributed by atoms with Crippen LogP contribution in [0.4, 0.5) is 0 Å². The molecule has 0 aliphatic carbocycles. The van der Waals surface area contributed by atoms with Gasteiger partial charge in [0.15, 0.2) is 0 Å². The van der Waals surface area contributed by atoms with Gasteiger partial charge in [0.2, 0.25) is 0 Å². The van der Waals surface area contributed by atoms with E-state index in [0.29, 0.717) is 0 Å². The fourth-order valence-electron chi connectivity index (χ4n) is 0.404. The lowest BCUT2D eigenvalue weighted by atomic mass is 10.3. The highest BCUT2D eigenvalue weighted by Gasteiger charge is 1.73. The van der Waals surface area contributed by atoms with E-state index in [1.807, 2.05) is 19.1 Å². The van der Waals surface area contributed by atoms with E-state index in [2.05, 4.69) is 13.0 Å². The van der Waals surface area contributed by atoms with Crippen molar-refractivity contribution in [3.8, 4) is 0 Å². The normalized spacial score (nSPS) is 12.4. The largest absolute Gasteiger partial charge is 0.308 e. The summed E-state index contributed by atoms with van der Waals surface area (Å²) in [6.07, 6.45) is 8.37. The van der Waals surface area contributed by atoms with E-state index in [9.17, 15) is 0 Å². The Hall–Kier alpha value is -0.850. The summed E-state index contributed by atoms with van der Waals surface area (Å²) in [5.74, 6) is 0. The topological polar surface area (TPSA) is 23.9 Å². The second kappa shape index (κ2) is 5.29. The van der Waals surface area contributed by atoms with Crippen molar-refractivity contribution < 1.29 is 0 Å². The molecule has 0 aromatic heterocycles. The molecular weight excluding hydrogens is 110 g/mol. The van der Waals surface area contributed by atoms with Crippen LogP contribution in [-0.2, 0) is 0 Å². The highest BCUT2D eigenvalue weighted by molar-refractivity contribution is 5.75. The van der Waals surface area contributed by atoms with Crippen molar-refractivity contribution in [2.45, 2.75) is 20.3 Å². The summed E-state index contributed by atoms with van der Waals surface area (Å²) in [7, 11) is 0. The van der Waals surface area contributed by atoms with Crippen LogP contribution >= 0.6 is 0 Å². The molecule has 0 aromatic rings. The van der Waals surface area contributed by atoms with Crippen LogP contribution in [0, 0.1) is 5.41 Å². The molecule has 0 spiro atoms. The quantitative estimate of drug-likeness (QED) is 0.440. The molecule has 0 aliphatic heterocycles. The maximum atomic E-state index is 6.82. The van der Waals surface area contributed by atoms with Crippen molar-refractivity contribution in [3.63, 3.8) is 0 Å². The van der Waals surface area contributed by atoms with Gasteiger partial charge in [-0.15, -0.1) is 0 Å². The van der Waals surface area contributed by atoms with Crippen molar-refractivity contribution in [3.05, 3.63) is 23.8 Å². The zero-order valence-electron chi connectivity index (χ0n) is 6.02. The van der Waals surface area contributed by atoms with Gasteiger partial charge in [0.05, 0.1) is 0 Å². The van der Waals surface area contributed by atoms with Crippen LogP contribution in [0.3, 0.4) is 0 Å². The fourth-order valence-corrected chi connectivity index (χ4v) is 0.404. The predicted molar refractivity (Wildman–Crippen MR) is 42.0 cm³/mol. The first kappa shape index (κ1) is 8.15. The molecule has 0 unspecified atom stereocenters. The van der Waals surface area contributed by atoms with Gasteiger partial charge in [0.1, 0.15) is 0 Å². The van der Waals surface area contributed by atoms with E-state index >= 15 is 0 Å². The number of hydrogen-bond donors (Lipinski definition) is 1. The van der Waals surface area contributed by atoms with Gasteiger partial charge in [-0.3, -0.25) is 0 Å². The van der Waals surface area contributed by atoms with Crippen molar-refractivity contribution >= 4 is 6.21 Å². The van der Waals surface area contributed by atoms with E-state index in [0.717, 1.165) is 12.0 Å². The average Bonchev–Trinajstić information content (AvgIpc) is 1.89. The van der Waals surface area contributed by atoms with Gasteiger partial charge in [0, 0.05) is 6.21 Å². The summed E-state index contributed by atoms with van der Waals surface area (Å²) in [6.45, 7) is 4.00. The Morgan fingerprint density at radius 1 is 1.56 bits per heavy atom. The Morgan fingerprint density at radius 2 is 2.22 bits per heavy atom. The molecule has 0 radical (unpaired) electrons. The Bertz CT molecular complexity index is 132. The molecule has 0 heterocycles. The lowest BCUT2D eigenvalue weighted by Gasteiger charge is -1.81. The number of hydrogen-bond acceptors (Lipinski definition) is 1. The van der Waals surface area contributed by atoms with E-state index < -0.39 is 0 Å². The summed E-state index contributed by atoms with van der Waals surface area (Å²) in [5, 5.41) is 6.82. The van der Waals surface area contributed by atoms with Gasteiger partial charge < -0.3 is 5.41 Å². The van der Waals surface area contributed by atoms with Crippen LogP contribution < -0.4 is 0 Å². The Balaban J connectivity index is 3.68. The molecule has 0 aromatic carbocycles. The van der Waals surface area contributed by atoms with Crippen LogP contribution in [0.15, 0.2) is 23.8 Å². The molecule has 0 saturated heterocycles. The van der Waals surface area contributed by atoms with Gasteiger partial charge in [-0.2, -0.15) is 0 Å². The smallest absolute Gasteiger partial charge is 0.0207 e. The van der Waals surface area contributed by atoms with E-state index in [1.165, 1.54) is 6.21 Å². The summed E-state index contributed by atoms with van der Waals surface area (Å²) in [4.78, 5) is 0. The standard InChI is InChI=1S/C8H13N/c1-3-4-5-6-8(2)7-9/h4-7,9H,3H2,1-2H3/b5-4-,8-6-,9-7?. The summed E-state index contributed by atoms with van der Waals surface area (Å²) in [6, 6.07) is 0. The van der Waals surface area contributed by atoms with Gasteiger partial charge >= 0.3 is 0 Å². The van der Waals surface area contributed by atoms with Crippen LogP contribution in [0.2, 0.25) is 0 Å². The maximum Gasteiger partial charge on any atom is 0.0207 e. The molecule has 0 amide bonds. The van der Waals surface area contributed by atoms with Crippen LogP contribution in [-0.4, -0.2) is 6.21 Å². The van der Waals surface area contributed by atoms with Crippen LogP contribution in [0.5, 0.6) is 0 Å². The predicted octanol–water partition coefficient (Wildman–Crippen LogP) is 2.55. The Labute approximate surface area is 56.6 Å². The zero-order valence-corrected chi connectivity index (χ0v) is 6.02. The van der Waals surface area contributed by atoms with Gasteiger partial charge in [-0.25, -0.2) is 0 Å². The third-order valence-electron chi connectivity index (χ3n) is 0.959. The number of allylic oxidation sites excluding steroid dienone is 4. The lowest BCUT2D eigenvalue weighted by Crippen LogP contribution is -1.70. The van der Waals surface area contributed by atoms with Crippen molar-refractivity contribution in [1.29, 1.82) is 5.41 Å². The van der Waals surface area contributed by atoms with E-state index in [-0.39, 0.29) is 0 Å². The SMILES string of the molecule is CC/C=C\C=C(\C)C=N. The minimum atomic E-state index is 0.986. The van der Waals surface area contributed by atoms with E-state index in [4.69, 9.17) is 5.41 Å². The molecule has 0 fully saturated rings. The first-order valence-corrected chi connectivity index (χ1v) is 3.15. The number of nitrogens with one attached hydrogen (secondary N) is 1. The molecule has 1 nitrogen and oxygen atoms in total. The summed E-state index contributed by atoms with van der Waals surface area (Å²) in [5.41, 5.74) is 0.986. The second-order valence-corrected chi connectivity index (χ2v) is 1.89. The van der Waals surface area contributed by atoms with Gasteiger partial charge in [0.25, 0.3) is 0 Å². The highest BCUT2D eigenvalue weighted by atomic mass is 14.3. The van der Waals surface area contributed by atoms with Crippen LogP contribution in [0.25, 0.3) is 0 Å². The molecule has 1 N–H and O–H groups in total. The maximum absolute atomic E-state index is 6.82. The number of rotatable bonds is 3. The summed E-state index contributed by atoms with van der Waals surface area (Å²) >= 11 is 0. The van der Waals surface area contributed by atoms with Gasteiger partial charge in [-0.1, -0.05) is 25.2 Å². The average molecular weight is 123 g/mol. The molecule has 50 valence electrons. The van der Waals surface area contributed by atoms with Gasteiger partial charge in [-0.05, 0) is 18.9 Å². The van der Waals surface area contributed by atoms with Crippen molar-refractivity contribution in [2.24, 2.45) is 0 Å². The third kappa shape index (κ3) is 5.01. The molecule has 0 aliphatic rings. The fraction of sp³-hybridized carbons (Fsp3) is 0.375. The van der Waals surface area contributed by atoms with Crippen LogP contribution in [0.1, 0.15) is 20.3 Å². The minimum absolute atomic E-state index is 0.986. The first-order chi connectivity index (χ1) is 4.31.